The maximum Gasteiger partial charge on any atom is 0.222 e. The number of fused-ring (bicyclic) bond motifs is 2. The van der Waals surface area contributed by atoms with Crippen molar-refractivity contribution in [3.05, 3.63) is 45.8 Å². The van der Waals surface area contributed by atoms with Gasteiger partial charge >= 0.3 is 0 Å². The maximum atomic E-state index is 12.7. The Morgan fingerprint density at radius 2 is 1.61 bits per heavy atom. The highest BCUT2D eigenvalue weighted by atomic mass is 35.5. The van der Waals surface area contributed by atoms with Crippen LogP contribution in [0.2, 0.25) is 0 Å². The molecular formula is C16H11Cl2NO4. The topological polar surface area (TPSA) is 71.5 Å². The molecule has 2 aliphatic heterocycles. The standard InChI is InChI=1S/C16H11Cl2NO4/c1-7(20)16(8(2)21)9-5-3-4-6-19(9)13-10(16)14(22)11(17)12(18)15(13)23/h3-6,9H,1-2H3/t9-/m1/s1. The number of Topliss-reactive ketones (excluding diaryl/α,β-unsaturated/α-hetero) is 4. The fourth-order valence-electron chi connectivity index (χ4n) is 3.47. The average Bonchev–Trinajstić information content (AvgIpc) is 2.83. The highest BCUT2D eigenvalue weighted by Crippen LogP contribution is 2.52. The van der Waals surface area contributed by atoms with Gasteiger partial charge in [-0.1, -0.05) is 35.4 Å². The summed E-state index contributed by atoms with van der Waals surface area (Å²) in [6, 6.07) is -0.785. The van der Waals surface area contributed by atoms with Crippen molar-refractivity contribution in [3.8, 4) is 0 Å². The van der Waals surface area contributed by atoms with Gasteiger partial charge < -0.3 is 4.90 Å². The lowest BCUT2D eigenvalue weighted by atomic mass is 9.67. The molecule has 0 aromatic heterocycles. The van der Waals surface area contributed by atoms with Gasteiger partial charge in [0.05, 0.1) is 17.3 Å². The van der Waals surface area contributed by atoms with Gasteiger partial charge in [-0.05, 0) is 19.9 Å². The number of hydrogen-bond acceptors (Lipinski definition) is 5. The van der Waals surface area contributed by atoms with E-state index < -0.39 is 44.7 Å². The molecule has 0 unspecified atom stereocenters. The third kappa shape index (κ3) is 1.75. The summed E-state index contributed by atoms with van der Waals surface area (Å²) >= 11 is 11.7. The Kier molecular flexibility index (Phi) is 3.46. The Balaban J connectivity index is 2.40. The van der Waals surface area contributed by atoms with E-state index in [1.165, 1.54) is 18.7 Å². The van der Waals surface area contributed by atoms with Gasteiger partial charge in [-0.25, -0.2) is 0 Å². The maximum absolute atomic E-state index is 12.7. The molecule has 118 valence electrons. The number of carbonyl (C=O) groups excluding carboxylic acids is 4. The second-order valence-electron chi connectivity index (χ2n) is 5.51. The number of hydrogen-bond donors (Lipinski definition) is 0. The first-order valence-electron chi connectivity index (χ1n) is 6.81. The number of nitrogens with zero attached hydrogens (tertiary/aromatic N) is 1. The van der Waals surface area contributed by atoms with E-state index in [1.54, 1.807) is 24.4 Å². The van der Waals surface area contributed by atoms with Crippen LogP contribution in [0.25, 0.3) is 0 Å². The summed E-state index contributed by atoms with van der Waals surface area (Å²) in [4.78, 5) is 51.6. The molecule has 5 nitrogen and oxygen atoms in total. The zero-order chi connectivity index (χ0) is 17.1. The van der Waals surface area contributed by atoms with Crippen molar-refractivity contribution in [2.75, 3.05) is 0 Å². The quantitative estimate of drug-likeness (QED) is 0.562. The van der Waals surface area contributed by atoms with Crippen molar-refractivity contribution in [1.82, 2.24) is 4.90 Å². The largest absolute Gasteiger partial charge is 0.336 e. The molecule has 23 heavy (non-hydrogen) atoms. The monoisotopic (exact) mass is 351 g/mol. The van der Waals surface area contributed by atoms with Crippen LogP contribution in [-0.4, -0.2) is 34.1 Å². The van der Waals surface area contributed by atoms with E-state index >= 15 is 0 Å². The van der Waals surface area contributed by atoms with Crippen molar-refractivity contribution in [2.24, 2.45) is 5.41 Å². The van der Waals surface area contributed by atoms with Gasteiger partial charge in [0.25, 0.3) is 0 Å². The minimum atomic E-state index is -1.76. The second kappa shape index (κ2) is 5.01. The summed E-state index contributed by atoms with van der Waals surface area (Å²) in [5, 5.41) is -0.866. The van der Waals surface area contributed by atoms with Crippen molar-refractivity contribution < 1.29 is 19.2 Å². The lowest BCUT2D eigenvalue weighted by molar-refractivity contribution is -0.138. The van der Waals surface area contributed by atoms with Gasteiger partial charge in [0.1, 0.15) is 27.0 Å². The first-order valence-corrected chi connectivity index (χ1v) is 7.56. The smallest absolute Gasteiger partial charge is 0.222 e. The van der Waals surface area contributed by atoms with Gasteiger partial charge in [0.15, 0.2) is 0 Å². The van der Waals surface area contributed by atoms with Crippen LogP contribution in [0.4, 0.5) is 0 Å². The fraction of sp³-hybridized carbons (Fsp3) is 0.250. The number of allylic oxidation sites excluding steroid dienone is 4. The Hall–Kier alpha value is -1.98. The first-order chi connectivity index (χ1) is 10.8. The van der Waals surface area contributed by atoms with Crippen LogP contribution in [0.3, 0.4) is 0 Å². The van der Waals surface area contributed by atoms with Gasteiger partial charge in [0.2, 0.25) is 11.6 Å². The lowest BCUT2D eigenvalue weighted by Crippen LogP contribution is -2.50. The molecule has 0 fully saturated rings. The van der Waals surface area contributed by atoms with Crippen LogP contribution in [0.1, 0.15) is 13.8 Å². The van der Waals surface area contributed by atoms with Crippen molar-refractivity contribution >= 4 is 46.3 Å². The zero-order valence-corrected chi connectivity index (χ0v) is 13.7. The van der Waals surface area contributed by atoms with E-state index in [2.05, 4.69) is 0 Å². The summed E-state index contributed by atoms with van der Waals surface area (Å²) in [7, 11) is 0. The summed E-state index contributed by atoms with van der Waals surface area (Å²) in [5.41, 5.74) is -2.00. The summed E-state index contributed by atoms with van der Waals surface area (Å²) < 4.78 is 0. The summed E-state index contributed by atoms with van der Waals surface area (Å²) in [5.74, 6) is -2.46. The van der Waals surface area contributed by atoms with Crippen LogP contribution in [0, 0.1) is 5.41 Å². The molecule has 0 N–H and O–H groups in total. The minimum Gasteiger partial charge on any atom is -0.336 e. The molecular weight excluding hydrogens is 341 g/mol. The molecule has 0 amide bonds. The highest BCUT2D eigenvalue weighted by molar-refractivity contribution is 6.59. The molecule has 1 atom stereocenters. The highest BCUT2D eigenvalue weighted by Gasteiger charge is 2.63. The van der Waals surface area contributed by atoms with Crippen molar-refractivity contribution in [3.63, 3.8) is 0 Å². The van der Waals surface area contributed by atoms with Crippen LogP contribution in [0.15, 0.2) is 45.8 Å². The molecule has 0 spiro atoms. The molecule has 0 aromatic rings. The molecule has 0 radical (unpaired) electrons. The molecule has 0 aromatic carbocycles. The zero-order valence-electron chi connectivity index (χ0n) is 12.2. The number of carbonyl (C=O) groups is 4. The molecule has 7 heteroatoms. The van der Waals surface area contributed by atoms with E-state index in [0.29, 0.717) is 0 Å². The Morgan fingerprint density at radius 3 is 2.17 bits per heavy atom. The normalized spacial score (nSPS) is 25.0. The third-order valence-electron chi connectivity index (χ3n) is 4.43. The van der Waals surface area contributed by atoms with Crippen LogP contribution in [0.5, 0.6) is 0 Å². The molecule has 1 aliphatic carbocycles. The van der Waals surface area contributed by atoms with Gasteiger partial charge in [-0.2, -0.15) is 0 Å². The van der Waals surface area contributed by atoms with E-state index in [4.69, 9.17) is 23.2 Å². The lowest BCUT2D eigenvalue weighted by Gasteiger charge is -2.34. The second-order valence-corrected chi connectivity index (χ2v) is 6.26. The third-order valence-corrected chi connectivity index (χ3v) is 5.25. The molecule has 2 heterocycles. The first kappa shape index (κ1) is 15.9. The van der Waals surface area contributed by atoms with Gasteiger partial charge in [-0.3, -0.25) is 19.2 Å². The Bertz CT molecular complexity index is 802. The average molecular weight is 352 g/mol. The molecule has 0 saturated heterocycles. The SMILES string of the molecule is CC(=O)C1(C(C)=O)C2=C(C(=O)C(Cl)=C(Cl)C2=O)N2C=CC=C[C@@H]21. The van der Waals surface area contributed by atoms with Crippen molar-refractivity contribution in [2.45, 2.75) is 19.9 Å². The van der Waals surface area contributed by atoms with E-state index in [9.17, 15) is 19.2 Å². The van der Waals surface area contributed by atoms with Crippen LogP contribution in [-0.2, 0) is 19.2 Å². The molecule has 0 saturated carbocycles. The van der Waals surface area contributed by atoms with Crippen LogP contribution < -0.4 is 0 Å². The van der Waals surface area contributed by atoms with Crippen LogP contribution >= 0.6 is 23.2 Å². The molecule has 0 bridgehead atoms. The number of halogens is 2. The van der Waals surface area contributed by atoms with Gasteiger partial charge in [-0.15, -0.1) is 0 Å². The van der Waals surface area contributed by atoms with E-state index in [-0.39, 0.29) is 11.3 Å². The van der Waals surface area contributed by atoms with Crippen molar-refractivity contribution in [1.29, 1.82) is 0 Å². The van der Waals surface area contributed by atoms with Gasteiger partial charge in [0, 0.05) is 6.20 Å². The van der Waals surface area contributed by atoms with E-state index in [0.717, 1.165) is 0 Å². The van der Waals surface area contributed by atoms with E-state index in [1.807, 2.05) is 0 Å². The Labute approximate surface area is 141 Å². The Morgan fingerprint density at radius 1 is 1.04 bits per heavy atom. The summed E-state index contributed by atoms with van der Waals surface area (Å²) in [6.45, 7) is 2.46. The summed E-state index contributed by atoms with van der Waals surface area (Å²) in [6.07, 6.45) is 6.46. The molecule has 3 rings (SSSR count). The predicted molar refractivity (Wildman–Crippen MR) is 83.5 cm³/mol. The fourth-order valence-corrected chi connectivity index (χ4v) is 3.83. The molecule has 3 aliphatic rings. The number of ketones is 4. The minimum absolute atomic E-state index is 0.0552. The number of rotatable bonds is 2. The predicted octanol–water partition coefficient (Wildman–Crippen LogP) is 2.01.